The van der Waals surface area contributed by atoms with Gasteiger partial charge in [0, 0.05) is 17.8 Å². The molecular formula is C20H25FN2O4. The molecule has 0 fully saturated rings. The number of rotatable bonds is 9. The van der Waals surface area contributed by atoms with Crippen LogP contribution in [0.25, 0.3) is 0 Å². The summed E-state index contributed by atoms with van der Waals surface area (Å²) in [5.74, 6) is -0.802. The molecule has 27 heavy (non-hydrogen) atoms. The zero-order valence-electron chi connectivity index (χ0n) is 16.1. The topological polar surface area (TPSA) is 71.6 Å². The minimum absolute atomic E-state index is 0.106. The van der Waals surface area contributed by atoms with Crippen molar-refractivity contribution in [2.75, 3.05) is 33.4 Å². The van der Waals surface area contributed by atoms with Gasteiger partial charge in [0.15, 0.2) is 17.3 Å². The normalized spacial score (nSPS) is 10.9. The fourth-order valence-electron chi connectivity index (χ4n) is 2.85. The molecule has 0 unspecified atom stereocenters. The van der Waals surface area contributed by atoms with Crippen molar-refractivity contribution >= 4 is 11.8 Å². The van der Waals surface area contributed by atoms with Gasteiger partial charge in [-0.15, -0.1) is 0 Å². The molecule has 0 atom stereocenters. The Morgan fingerprint density at radius 2 is 1.93 bits per heavy atom. The third-order valence-corrected chi connectivity index (χ3v) is 4.18. The van der Waals surface area contributed by atoms with Crippen LogP contribution in [0.1, 0.15) is 39.0 Å². The van der Waals surface area contributed by atoms with Crippen molar-refractivity contribution in [3.8, 4) is 5.75 Å². The second-order valence-electron chi connectivity index (χ2n) is 6.29. The zero-order chi connectivity index (χ0) is 20.0. The number of para-hydroxylation sites is 1. The summed E-state index contributed by atoms with van der Waals surface area (Å²) in [6.07, 6.45) is 0. The first-order valence-corrected chi connectivity index (χ1v) is 8.80. The van der Waals surface area contributed by atoms with Crippen LogP contribution >= 0.6 is 0 Å². The van der Waals surface area contributed by atoms with Crippen molar-refractivity contribution < 1.29 is 23.5 Å². The summed E-state index contributed by atoms with van der Waals surface area (Å²) >= 11 is 0. The van der Waals surface area contributed by atoms with Gasteiger partial charge in [0.25, 0.3) is 0 Å². The van der Waals surface area contributed by atoms with Crippen molar-refractivity contribution in [3.05, 3.63) is 52.6 Å². The average Bonchev–Trinajstić information content (AvgIpc) is 2.91. The van der Waals surface area contributed by atoms with Gasteiger partial charge in [-0.3, -0.25) is 9.69 Å². The van der Waals surface area contributed by atoms with E-state index in [2.05, 4.69) is 4.98 Å². The standard InChI is InChI=1S/C20H25FN2O4/c1-5-26-20(25)19-13(2)18(14(3)22-19)16(24)12-23(4)10-11-27-17-9-7-6-8-15(17)21/h6-9,22H,5,10-12H2,1-4H3. The number of halogens is 1. The molecule has 0 aliphatic rings. The number of aromatic nitrogens is 1. The van der Waals surface area contributed by atoms with Gasteiger partial charge in [0.05, 0.1) is 13.2 Å². The largest absolute Gasteiger partial charge is 0.489 e. The second-order valence-corrected chi connectivity index (χ2v) is 6.29. The second kappa shape index (κ2) is 9.32. The zero-order valence-corrected chi connectivity index (χ0v) is 16.1. The van der Waals surface area contributed by atoms with E-state index in [0.717, 1.165) is 0 Å². The fraction of sp³-hybridized carbons (Fsp3) is 0.400. The molecule has 1 heterocycles. The van der Waals surface area contributed by atoms with Gasteiger partial charge < -0.3 is 14.5 Å². The Morgan fingerprint density at radius 1 is 1.22 bits per heavy atom. The number of nitrogens with zero attached hydrogens (tertiary/aromatic N) is 1. The molecule has 0 aliphatic heterocycles. The first-order valence-electron chi connectivity index (χ1n) is 8.80. The minimum Gasteiger partial charge on any atom is -0.489 e. The predicted molar refractivity (Wildman–Crippen MR) is 99.9 cm³/mol. The van der Waals surface area contributed by atoms with Crippen LogP contribution < -0.4 is 4.74 Å². The number of H-pyrrole nitrogens is 1. The molecule has 0 amide bonds. The summed E-state index contributed by atoms with van der Waals surface area (Å²) in [7, 11) is 1.78. The lowest BCUT2D eigenvalue weighted by Crippen LogP contribution is -2.30. The maximum absolute atomic E-state index is 13.5. The van der Waals surface area contributed by atoms with Gasteiger partial charge in [-0.05, 0) is 45.5 Å². The predicted octanol–water partition coefficient (Wildman–Crippen LogP) is 3.14. The number of hydrogen-bond donors (Lipinski definition) is 1. The molecule has 0 saturated heterocycles. The monoisotopic (exact) mass is 376 g/mol. The molecule has 0 saturated carbocycles. The average molecular weight is 376 g/mol. The number of carbonyl (C=O) groups is 2. The van der Waals surface area contributed by atoms with Crippen LogP contribution in [0.15, 0.2) is 24.3 Å². The lowest BCUT2D eigenvalue weighted by molar-refractivity contribution is 0.0519. The van der Waals surface area contributed by atoms with Crippen LogP contribution in [0.5, 0.6) is 5.75 Å². The van der Waals surface area contributed by atoms with Crippen molar-refractivity contribution in [2.45, 2.75) is 20.8 Å². The molecule has 7 heteroatoms. The molecule has 1 aromatic heterocycles. The number of ketones is 1. The van der Waals surface area contributed by atoms with E-state index in [1.165, 1.54) is 6.07 Å². The molecular weight excluding hydrogens is 351 g/mol. The molecule has 0 radical (unpaired) electrons. The van der Waals surface area contributed by atoms with Crippen LogP contribution in [0.4, 0.5) is 4.39 Å². The van der Waals surface area contributed by atoms with E-state index >= 15 is 0 Å². The van der Waals surface area contributed by atoms with Crippen molar-refractivity contribution in [3.63, 3.8) is 0 Å². The van der Waals surface area contributed by atoms with Crippen LogP contribution in [0, 0.1) is 19.7 Å². The van der Waals surface area contributed by atoms with E-state index in [1.807, 2.05) is 0 Å². The summed E-state index contributed by atoms with van der Waals surface area (Å²) < 4.78 is 23.9. The van der Waals surface area contributed by atoms with E-state index in [0.29, 0.717) is 29.1 Å². The Morgan fingerprint density at radius 3 is 2.59 bits per heavy atom. The summed E-state index contributed by atoms with van der Waals surface area (Å²) in [6.45, 7) is 6.34. The van der Waals surface area contributed by atoms with E-state index in [9.17, 15) is 14.0 Å². The van der Waals surface area contributed by atoms with E-state index < -0.39 is 11.8 Å². The first-order chi connectivity index (χ1) is 12.8. The number of ether oxygens (including phenoxy) is 2. The quantitative estimate of drug-likeness (QED) is 0.538. The van der Waals surface area contributed by atoms with E-state index in [4.69, 9.17) is 9.47 Å². The van der Waals surface area contributed by atoms with Crippen LogP contribution in [-0.4, -0.2) is 55.0 Å². The summed E-state index contributed by atoms with van der Waals surface area (Å²) in [5, 5.41) is 0. The highest BCUT2D eigenvalue weighted by Gasteiger charge is 2.23. The van der Waals surface area contributed by atoms with Crippen LogP contribution in [0.3, 0.4) is 0 Å². The minimum atomic E-state index is -0.469. The van der Waals surface area contributed by atoms with Crippen molar-refractivity contribution in [2.24, 2.45) is 0 Å². The third-order valence-electron chi connectivity index (χ3n) is 4.18. The molecule has 1 N–H and O–H groups in total. The lowest BCUT2D eigenvalue weighted by atomic mass is 10.1. The highest BCUT2D eigenvalue weighted by atomic mass is 19.1. The molecule has 1 aromatic carbocycles. The number of benzene rings is 1. The summed E-state index contributed by atoms with van der Waals surface area (Å²) in [6, 6.07) is 6.19. The Bertz CT molecular complexity index is 816. The fourth-order valence-corrected chi connectivity index (χ4v) is 2.85. The number of aryl methyl sites for hydroxylation is 1. The van der Waals surface area contributed by atoms with Gasteiger partial charge in [-0.25, -0.2) is 9.18 Å². The number of aromatic amines is 1. The third kappa shape index (κ3) is 5.17. The van der Waals surface area contributed by atoms with Crippen molar-refractivity contribution in [1.29, 1.82) is 0 Å². The molecule has 6 nitrogen and oxygen atoms in total. The SMILES string of the molecule is CCOC(=O)c1[nH]c(C)c(C(=O)CN(C)CCOc2ccccc2F)c1C. The van der Waals surface area contributed by atoms with Gasteiger partial charge in [-0.2, -0.15) is 0 Å². The molecule has 2 aromatic rings. The molecule has 0 bridgehead atoms. The highest BCUT2D eigenvalue weighted by molar-refractivity contribution is 6.03. The molecule has 0 spiro atoms. The maximum Gasteiger partial charge on any atom is 0.355 e. The Balaban J connectivity index is 1.94. The maximum atomic E-state index is 13.5. The number of carbonyl (C=O) groups excluding carboxylic acids is 2. The Hall–Kier alpha value is -2.67. The van der Waals surface area contributed by atoms with Crippen molar-refractivity contribution in [1.82, 2.24) is 9.88 Å². The lowest BCUT2D eigenvalue weighted by Gasteiger charge is -2.16. The Labute approximate surface area is 158 Å². The summed E-state index contributed by atoms with van der Waals surface area (Å²) in [4.78, 5) is 29.4. The molecule has 146 valence electrons. The molecule has 2 rings (SSSR count). The molecule has 0 aliphatic carbocycles. The number of likely N-dealkylation sites (N-methyl/N-ethyl adjacent to an activating group) is 1. The van der Waals surface area contributed by atoms with E-state index in [1.54, 1.807) is 50.9 Å². The Kier molecular flexibility index (Phi) is 7.12. The van der Waals surface area contributed by atoms with Gasteiger partial charge in [-0.1, -0.05) is 12.1 Å². The van der Waals surface area contributed by atoms with Gasteiger partial charge in [0.2, 0.25) is 0 Å². The van der Waals surface area contributed by atoms with Gasteiger partial charge in [0.1, 0.15) is 12.3 Å². The van der Waals surface area contributed by atoms with Crippen LogP contribution in [0.2, 0.25) is 0 Å². The van der Waals surface area contributed by atoms with Gasteiger partial charge >= 0.3 is 5.97 Å². The van der Waals surface area contributed by atoms with E-state index in [-0.39, 0.29) is 31.3 Å². The smallest absolute Gasteiger partial charge is 0.355 e. The highest BCUT2D eigenvalue weighted by Crippen LogP contribution is 2.20. The number of nitrogens with one attached hydrogen (secondary N) is 1. The van der Waals surface area contributed by atoms with Crippen LogP contribution in [-0.2, 0) is 4.74 Å². The summed E-state index contributed by atoms with van der Waals surface area (Å²) in [5.41, 5.74) is 2.03. The first kappa shape index (κ1) is 20.6. The number of esters is 1. The number of Topliss-reactive ketones (excluding diaryl/α,β-unsaturated/α-hetero) is 1. The number of hydrogen-bond acceptors (Lipinski definition) is 5.